The molecule has 1 atom stereocenters. The average Bonchev–Trinajstić information content (AvgIpc) is 2.71. The quantitative estimate of drug-likeness (QED) is 0.666. The van der Waals surface area contributed by atoms with Crippen LogP contribution in [0.4, 0.5) is 0 Å². The van der Waals surface area contributed by atoms with Crippen LogP contribution in [0.25, 0.3) is 0 Å². The van der Waals surface area contributed by atoms with Crippen molar-refractivity contribution in [1.82, 2.24) is 4.90 Å². The lowest BCUT2D eigenvalue weighted by Gasteiger charge is -2.35. The third-order valence-corrected chi connectivity index (χ3v) is 4.82. The van der Waals surface area contributed by atoms with Gasteiger partial charge in [-0.25, -0.2) is 9.59 Å². The standard InChI is InChI=1S/C19H23NO3.C2H2O4/c1-20-9-8-14-11-18(22-2)19(23-3)12-16(14)17(20)10-13-4-6-15(21)7-5-13;3-1(4)2(5)6/h4-7,11-12,17,21H,8-10H2,1-3H3;(H,3,4)(H,5,6)/t17-;/m0./s1. The molecule has 1 aliphatic heterocycles. The van der Waals surface area contributed by atoms with Crippen LogP contribution in [0.15, 0.2) is 36.4 Å². The number of fused-ring (bicyclic) bond motifs is 1. The molecule has 0 fully saturated rings. The van der Waals surface area contributed by atoms with Gasteiger partial charge in [0.05, 0.1) is 14.2 Å². The highest BCUT2D eigenvalue weighted by Crippen LogP contribution is 2.38. The van der Waals surface area contributed by atoms with E-state index >= 15 is 0 Å². The summed E-state index contributed by atoms with van der Waals surface area (Å²) in [5, 5.41) is 24.2. The molecular formula is C21H25NO7. The normalized spacial score (nSPS) is 15.5. The first-order valence-corrected chi connectivity index (χ1v) is 8.96. The lowest BCUT2D eigenvalue weighted by molar-refractivity contribution is -0.159. The van der Waals surface area contributed by atoms with Gasteiger partial charge in [-0.15, -0.1) is 0 Å². The Bertz CT molecular complexity index is 852. The van der Waals surface area contributed by atoms with Gasteiger partial charge in [-0.05, 0) is 60.8 Å². The van der Waals surface area contributed by atoms with Gasteiger partial charge in [0.25, 0.3) is 0 Å². The van der Waals surface area contributed by atoms with Crippen molar-refractivity contribution in [2.24, 2.45) is 0 Å². The molecule has 0 aromatic heterocycles. The number of carboxylic acid groups (broad SMARTS) is 2. The number of benzene rings is 2. The minimum absolute atomic E-state index is 0.295. The zero-order chi connectivity index (χ0) is 21.6. The molecule has 0 saturated carbocycles. The number of nitrogens with zero attached hydrogens (tertiary/aromatic N) is 1. The molecule has 3 N–H and O–H groups in total. The van der Waals surface area contributed by atoms with Crippen LogP contribution in [0.3, 0.4) is 0 Å². The Morgan fingerprint density at radius 2 is 1.59 bits per heavy atom. The molecule has 156 valence electrons. The van der Waals surface area contributed by atoms with Crippen molar-refractivity contribution < 1.29 is 34.4 Å². The SMILES string of the molecule is COc1cc2c(cc1OC)[C@H](Cc1ccc(O)cc1)N(C)CC2.O=C(O)C(=O)O. The summed E-state index contributed by atoms with van der Waals surface area (Å²) in [7, 11) is 5.50. The zero-order valence-electron chi connectivity index (χ0n) is 16.6. The smallest absolute Gasteiger partial charge is 0.414 e. The number of rotatable bonds is 4. The molecule has 1 heterocycles. The molecule has 0 amide bonds. The fourth-order valence-corrected chi connectivity index (χ4v) is 3.27. The second kappa shape index (κ2) is 9.79. The molecule has 8 heteroatoms. The summed E-state index contributed by atoms with van der Waals surface area (Å²) in [6.07, 6.45) is 1.91. The molecule has 0 unspecified atom stereocenters. The first-order valence-electron chi connectivity index (χ1n) is 8.96. The van der Waals surface area contributed by atoms with E-state index in [1.807, 2.05) is 12.1 Å². The van der Waals surface area contributed by atoms with Gasteiger partial charge < -0.3 is 24.8 Å². The van der Waals surface area contributed by atoms with Crippen molar-refractivity contribution in [2.75, 3.05) is 27.8 Å². The van der Waals surface area contributed by atoms with E-state index in [0.29, 0.717) is 11.8 Å². The molecule has 0 saturated heterocycles. The third kappa shape index (κ3) is 5.61. The van der Waals surface area contributed by atoms with Gasteiger partial charge in [0.1, 0.15) is 5.75 Å². The highest BCUT2D eigenvalue weighted by molar-refractivity contribution is 6.27. The second-order valence-corrected chi connectivity index (χ2v) is 6.63. The van der Waals surface area contributed by atoms with E-state index in [2.05, 4.69) is 24.1 Å². The molecule has 0 spiro atoms. The highest BCUT2D eigenvalue weighted by Gasteiger charge is 2.27. The van der Waals surface area contributed by atoms with Crippen molar-refractivity contribution in [2.45, 2.75) is 18.9 Å². The molecule has 2 aromatic carbocycles. The van der Waals surface area contributed by atoms with Gasteiger partial charge in [-0.2, -0.15) is 0 Å². The van der Waals surface area contributed by atoms with Crippen molar-refractivity contribution in [3.05, 3.63) is 53.1 Å². The predicted octanol–water partition coefficient (Wildman–Crippen LogP) is 2.34. The van der Waals surface area contributed by atoms with Crippen molar-refractivity contribution in [1.29, 1.82) is 0 Å². The average molecular weight is 403 g/mol. The molecule has 29 heavy (non-hydrogen) atoms. The van der Waals surface area contributed by atoms with Gasteiger partial charge in [0, 0.05) is 12.6 Å². The Labute approximate surface area is 168 Å². The first-order chi connectivity index (χ1) is 13.8. The number of aromatic hydroxyl groups is 1. The van der Waals surface area contributed by atoms with Crippen LogP contribution < -0.4 is 9.47 Å². The Morgan fingerprint density at radius 3 is 2.10 bits per heavy atom. The summed E-state index contributed by atoms with van der Waals surface area (Å²) in [6.45, 7) is 1.02. The van der Waals surface area contributed by atoms with Gasteiger partial charge >= 0.3 is 11.9 Å². The second-order valence-electron chi connectivity index (χ2n) is 6.63. The fraction of sp³-hybridized carbons (Fsp3) is 0.333. The lowest BCUT2D eigenvalue weighted by atomic mass is 9.88. The van der Waals surface area contributed by atoms with Gasteiger partial charge in [-0.3, -0.25) is 4.90 Å². The summed E-state index contributed by atoms with van der Waals surface area (Å²) in [5.41, 5.74) is 3.83. The minimum atomic E-state index is -1.82. The Kier molecular flexibility index (Phi) is 7.44. The first kappa shape index (κ1) is 22.0. The van der Waals surface area contributed by atoms with E-state index in [1.54, 1.807) is 26.4 Å². The van der Waals surface area contributed by atoms with E-state index in [4.69, 9.17) is 29.3 Å². The maximum atomic E-state index is 9.46. The number of phenolic OH excluding ortho intramolecular Hbond substituents is 1. The maximum Gasteiger partial charge on any atom is 0.414 e. The van der Waals surface area contributed by atoms with Crippen molar-refractivity contribution in [3.63, 3.8) is 0 Å². The number of hydrogen-bond donors (Lipinski definition) is 3. The number of carbonyl (C=O) groups is 2. The van der Waals surface area contributed by atoms with E-state index in [-0.39, 0.29) is 0 Å². The van der Waals surface area contributed by atoms with Crippen LogP contribution in [0.1, 0.15) is 22.7 Å². The number of phenols is 1. The third-order valence-electron chi connectivity index (χ3n) is 4.82. The summed E-state index contributed by atoms with van der Waals surface area (Å²) in [4.78, 5) is 20.6. The molecule has 0 aliphatic carbocycles. The van der Waals surface area contributed by atoms with Crippen molar-refractivity contribution in [3.8, 4) is 17.2 Å². The number of aliphatic carboxylic acids is 2. The summed E-state index contributed by atoms with van der Waals surface area (Å²) in [6, 6.07) is 12.0. The monoisotopic (exact) mass is 403 g/mol. The number of ether oxygens (including phenoxy) is 2. The lowest BCUT2D eigenvalue weighted by Crippen LogP contribution is -2.33. The molecule has 0 radical (unpaired) electrons. The van der Waals surface area contributed by atoms with Crippen LogP contribution in [-0.4, -0.2) is 60.0 Å². The van der Waals surface area contributed by atoms with Crippen LogP contribution >= 0.6 is 0 Å². The molecule has 3 rings (SSSR count). The maximum absolute atomic E-state index is 9.46. The van der Waals surface area contributed by atoms with Gasteiger partial charge in [0.2, 0.25) is 0 Å². The number of likely N-dealkylation sites (N-methyl/N-ethyl adjacent to an activating group) is 1. The molecule has 1 aliphatic rings. The zero-order valence-corrected chi connectivity index (χ0v) is 16.6. The summed E-state index contributed by atoms with van der Waals surface area (Å²) >= 11 is 0. The largest absolute Gasteiger partial charge is 0.508 e. The molecule has 2 aromatic rings. The minimum Gasteiger partial charge on any atom is -0.508 e. The van der Waals surface area contributed by atoms with Crippen LogP contribution in [0.5, 0.6) is 17.2 Å². The fourth-order valence-electron chi connectivity index (χ4n) is 3.27. The Hall–Kier alpha value is -3.26. The van der Waals surface area contributed by atoms with Gasteiger partial charge in [-0.1, -0.05) is 12.1 Å². The van der Waals surface area contributed by atoms with E-state index in [9.17, 15) is 5.11 Å². The van der Waals surface area contributed by atoms with Crippen LogP contribution in [0, 0.1) is 0 Å². The number of carboxylic acids is 2. The molecule has 0 bridgehead atoms. The van der Waals surface area contributed by atoms with Gasteiger partial charge in [0.15, 0.2) is 11.5 Å². The number of hydrogen-bond acceptors (Lipinski definition) is 6. The van der Waals surface area contributed by atoms with Crippen LogP contribution in [0.2, 0.25) is 0 Å². The Morgan fingerprint density at radius 1 is 1.03 bits per heavy atom. The van der Waals surface area contributed by atoms with E-state index in [1.165, 1.54) is 16.7 Å². The van der Waals surface area contributed by atoms with Crippen molar-refractivity contribution >= 4 is 11.9 Å². The Balaban J connectivity index is 0.000000438. The van der Waals surface area contributed by atoms with E-state index in [0.717, 1.165) is 30.9 Å². The summed E-state index contributed by atoms with van der Waals surface area (Å²) < 4.78 is 10.9. The molecular weight excluding hydrogens is 378 g/mol. The topological polar surface area (TPSA) is 117 Å². The van der Waals surface area contributed by atoms with E-state index < -0.39 is 11.9 Å². The number of methoxy groups -OCH3 is 2. The predicted molar refractivity (Wildman–Crippen MR) is 106 cm³/mol. The van der Waals surface area contributed by atoms with Crippen LogP contribution in [-0.2, 0) is 22.4 Å². The highest BCUT2D eigenvalue weighted by atomic mass is 16.5. The summed E-state index contributed by atoms with van der Waals surface area (Å²) in [5.74, 6) is -1.78. The molecule has 8 nitrogen and oxygen atoms in total.